The monoisotopic (exact) mass is 303 g/mol. The quantitative estimate of drug-likeness (QED) is 0.590. The SMILES string of the molecule is O=[N+]([O-])c1cccc(S(=O)(=O)c2c[nH]c3ncccc23)c1. The summed E-state index contributed by atoms with van der Waals surface area (Å²) in [7, 11) is -3.85. The number of hydrogen-bond donors (Lipinski definition) is 1. The summed E-state index contributed by atoms with van der Waals surface area (Å²) in [6.07, 6.45) is 2.88. The number of aromatic amines is 1. The molecule has 0 atom stereocenters. The molecule has 7 nitrogen and oxygen atoms in total. The van der Waals surface area contributed by atoms with Gasteiger partial charge in [-0.05, 0) is 18.2 Å². The van der Waals surface area contributed by atoms with Crippen molar-refractivity contribution in [2.45, 2.75) is 9.79 Å². The number of fused-ring (bicyclic) bond motifs is 1. The Balaban J connectivity index is 2.21. The summed E-state index contributed by atoms with van der Waals surface area (Å²) in [5, 5.41) is 11.2. The van der Waals surface area contributed by atoms with E-state index in [-0.39, 0.29) is 15.5 Å². The number of sulfone groups is 1. The van der Waals surface area contributed by atoms with Crippen LogP contribution in [0.15, 0.2) is 58.6 Å². The molecular weight excluding hydrogens is 294 g/mol. The second-order valence-electron chi connectivity index (χ2n) is 4.31. The van der Waals surface area contributed by atoms with E-state index in [0.29, 0.717) is 11.0 Å². The molecule has 0 aliphatic rings. The Labute approximate surface area is 119 Å². The maximum absolute atomic E-state index is 12.6. The summed E-state index contributed by atoms with van der Waals surface area (Å²) < 4.78 is 25.2. The molecule has 21 heavy (non-hydrogen) atoms. The number of aromatic nitrogens is 2. The van der Waals surface area contributed by atoms with Gasteiger partial charge in [-0.2, -0.15) is 0 Å². The average Bonchev–Trinajstić information content (AvgIpc) is 2.92. The Hall–Kier alpha value is -2.74. The van der Waals surface area contributed by atoms with Crippen LogP contribution in [0.1, 0.15) is 0 Å². The second kappa shape index (κ2) is 4.67. The van der Waals surface area contributed by atoms with Crippen LogP contribution in [0.2, 0.25) is 0 Å². The first-order chi connectivity index (χ1) is 10.00. The standard InChI is InChI=1S/C13H9N3O4S/c17-16(18)9-3-1-4-10(7-9)21(19,20)12-8-15-13-11(12)5-2-6-14-13/h1-8H,(H,14,15). The molecule has 3 rings (SSSR count). The normalized spacial score (nSPS) is 11.6. The smallest absolute Gasteiger partial charge is 0.270 e. The summed E-state index contributed by atoms with van der Waals surface area (Å²) in [4.78, 5) is 16.9. The predicted molar refractivity (Wildman–Crippen MR) is 74.6 cm³/mol. The lowest BCUT2D eigenvalue weighted by atomic mass is 10.3. The van der Waals surface area contributed by atoms with Gasteiger partial charge < -0.3 is 4.98 Å². The molecule has 0 spiro atoms. The average molecular weight is 303 g/mol. The molecule has 0 radical (unpaired) electrons. The summed E-state index contributed by atoms with van der Waals surface area (Å²) in [5.41, 5.74) is 0.176. The molecule has 8 heteroatoms. The summed E-state index contributed by atoms with van der Waals surface area (Å²) in [5.74, 6) is 0. The van der Waals surface area contributed by atoms with Crippen LogP contribution in [0, 0.1) is 10.1 Å². The number of hydrogen-bond acceptors (Lipinski definition) is 5. The molecule has 2 aromatic heterocycles. The molecule has 3 aromatic rings. The van der Waals surface area contributed by atoms with Gasteiger partial charge in [-0.25, -0.2) is 13.4 Å². The Bertz CT molecular complexity index is 947. The van der Waals surface area contributed by atoms with Crippen molar-refractivity contribution < 1.29 is 13.3 Å². The summed E-state index contributed by atoms with van der Waals surface area (Å²) in [6.45, 7) is 0. The van der Waals surface area contributed by atoms with Crippen LogP contribution >= 0.6 is 0 Å². The van der Waals surface area contributed by atoms with E-state index < -0.39 is 14.8 Å². The lowest BCUT2D eigenvalue weighted by molar-refractivity contribution is -0.385. The lowest BCUT2D eigenvalue weighted by Crippen LogP contribution is -2.02. The van der Waals surface area contributed by atoms with Gasteiger partial charge in [-0.1, -0.05) is 6.07 Å². The van der Waals surface area contributed by atoms with Crippen LogP contribution in [0.3, 0.4) is 0 Å². The zero-order valence-corrected chi connectivity index (χ0v) is 11.4. The van der Waals surface area contributed by atoms with Crippen LogP contribution < -0.4 is 0 Å². The Kier molecular flexibility index (Phi) is 2.95. The van der Waals surface area contributed by atoms with E-state index in [1.165, 1.54) is 24.4 Å². The highest BCUT2D eigenvalue weighted by molar-refractivity contribution is 7.91. The molecule has 0 aliphatic heterocycles. The van der Waals surface area contributed by atoms with Crippen molar-refractivity contribution in [2.24, 2.45) is 0 Å². The molecule has 1 N–H and O–H groups in total. The molecule has 0 saturated heterocycles. The van der Waals surface area contributed by atoms with Gasteiger partial charge in [0.1, 0.15) is 5.65 Å². The number of pyridine rings is 1. The third kappa shape index (κ3) is 2.15. The molecule has 0 aliphatic carbocycles. The van der Waals surface area contributed by atoms with E-state index in [1.807, 2.05) is 0 Å². The van der Waals surface area contributed by atoms with Gasteiger partial charge in [0.25, 0.3) is 5.69 Å². The van der Waals surface area contributed by atoms with E-state index >= 15 is 0 Å². The van der Waals surface area contributed by atoms with E-state index in [4.69, 9.17) is 0 Å². The zero-order valence-electron chi connectivity index (χ0n) is 10.6. The van der Waals surface area contributed by atoms with Gasteiger partial charge in [-0.3, -0.25) is 10.1 Å². The minimum absolute atomic E-state index is 0.0473. The third-order valence-electron chi connectivity index (χ3n) is 3.04. The van der Waals surface area contributed by atoms with Crippen molar-refractivity contribution in [2.75, 3.05) is 0 Å². The molecule has 0 amide bonds. The Morgan fingerprint density at radius 1 is 1.19 bits per heavy atom. The predicted octanol–water partition coefficient (Wildman–Crippen LogP) is 2.30. The molecular formula is C13H9N3O4S. The van der Waals surface area contributed by atoms with Gasteiger partial charge in [0.05, 0.1) is 14.7 Å². The van der Waals surface area contributed by atoms with Crippen molar-refractivity contribution in [3.05, 3.63) is 58.9 Å². The molecule has 2 heterocycles. The molecule has 0 unspecified atom stereocenters. The molecule has 106 valence electrons. The molecule has 1 aromatic carbocycles. The minimum atomic E-state index is -3.85. The number of benzene rings is 1. The van der Waals surface area contributed by atoms with E-state index in [2.05, 4.69) is 9.97 Å². The van der Waals surface area contributed by atoms with Crippen LogP contribution in [0.25, 0.3) is 11.0 Å². The molecule has 0 fully saturated rings. The summed E-state index contributed by atoms with van der Waals surface area (Å²) in [6, 6.07) is 8.22. The fourth-order valence-corrected chi connectivity index (χ4v) is 3.50. The van der Waals surface area contributed by atoms with Crippen molar-refractivity contribution >= 4 is 26.6 Å². The Morgan fingerprint density at radius 2 is 2.00 bits per heavy atom. The van der Waals surface area contributed by atoms with Crippen LogP contribution in [0.5, 0.6) is 0 Å². The van der Waals surface area contributed by atoms with Crippen molar-refractivity contribution in [1.82, 2.24) is 9.97 Å². The highest BCUT2D eigenvalue weighted by atomic mass is 32.2. The number of nitrogens with one attached hydrogen (secondary N) is 1. The highest BCUT2D eigenvalue weighted by Gasteiger charge is 2.23. The van der Waals surface area contributed by atoms with Gasteiger partial charge in [0.15, 0.2) is 0 Å². The Morgan fingerprint density at radius 3 is 2.76 bits per heavy atom. The second-order valence-corrected chi connectivity index (χ2v) is 6.23. The van der Waals surface area contributed by atoms with E-state index in [1.54, 1.807) is 18.3 Å². The zero-order chi connectivity index (χ0) is 15.0. The van der Waals surface area contributed by atoms with E-state index in [9.17, 15) is 18.5 Å². The fourth-order valence-electron chi connectivity index (χ4n) is 2.04. The van der Waals surface area contributed by atoms with Gasteiger partial charge >= 0.3 is 0 Å². The maximum atomic E-state index is 12.6. The van der Waals surface area contributed by atoms with Crippen LogP contribution in [-0.2, 0) is 9.84 Å². The maximum Gasteiger partial charge on any atom is 0.270 e. The van der Waals surface area contributed by atoms with E-state index in [0.717, 1.165) is 6.07 Å². The lowest BCUT2D eigenvalue weighted by Gasteiger charge is -2.03. The molecule has 0 bridgehead atoms. The van der Waals surface area contributed by atoms with Crippen molar-refractivity contribution in [1.29, 1.82) is 0 Å². The minimum Gasteiger partial charge on any atom is -0.345 e. The highest BCUT2D eigenvalue weighted by Crippen LogP contribution is 2.28. The van der Waals surface area contributed by atoms with Crippen molar-refractivity contribution in [3.8, 4) is 0 Å². The third-order valence-corrected chi connectivity index (χ3v) is 4.83. The van der Waals surface area contributed by atoms with Crippen LogP contribution in [0.4, 0.5) is 5.69 Å². The van der Waals surface area contributed by atoms with Gasteiger partial charge in [0.2, 0.25) is 9.84 Å². The summed E-state index contributed by atoms with van der Waals surface area (Å²) >= 11 is 0. The first kappa shape index (κ1) is 13.3. The number of rotatable bonds is 3. The number of nitrogens with zero attached hydrogens (tertiary/aromatic N) is 2. The van der Waals surface area contributed by atoms with Crippen LogP contribution in [-0.4, -0.2) is 23.3 Å². The number of nitro groups is 1. The molecule has 0 saturated carbocycles. The van der Waals surface area contributed by atoms with Gasteiger partial charge in [-0.15, -0.1) is 0 Å². The van der Waals surface area contributed by atoms with Gasteiger partial charge in [0, 0.05) is 29.9 Å². The first-order valence-corrected chi connectivity index (χ1v) is 7.40. The number of non-ortho nitro benzene ring substituents is 1. The fraction of sp³-hybridized carbons (Fsp3) is 0. The first-order valence-electron chi connectivity index (χ1n) is 5.92. The topological polar surface area (TPSA) is 106 Å². The van der Waals surface area contributed by atoms with Crippen molar-refractivity contribution in [3.63, 3.8) is 0 Å². The number of nitro benzene ring substituents is 1. The number of H-pyrrole nitrogens is 1. The largest absolute Gasteiger partial charge is 0.345 e.